The zero-order valence-electron chi connectivity index (χ0n) is 18.4. The lowest BCUT2D eigenvalue weighted by Crippen LogP contribution is -2.48. The smallest absolute Gasteiger partial charge is 0.307 e. The first kappa shape index (κ1) is 22.2. The Morgan fingerprint density at radius 2 is 1.85 bits per heavy atom. The minimum atomic E-state index is -3.92. The largest absolute Gasteiger partial charge is 0.476 e. The average Bonchev–Trinajstić information content (AvgIpc) is 3.11. The van der Waals surface area contributed by atoms with Crippen molar-refractivity contribution in [3.8, 4) is 5.75 Å². The summed E-state index contributed by atoms with van der Waals surface area (Å²) in [4.78, 5) is 25.1. The minimum Gasteiger partial charge on any atom is -0.476 e. The van der Waals surface area contributed by atoms with E-state index < -0.39 is 22.0 Å². The molecule has 0 radical (unpaired) electrons. The van der Waals surface area contributed by atoms with Gasteiger partial charge in [0, 0.05) is 12.7 Å². The summed E-state index contributed by atoms with van der Waals surface area (Å²) in [7, 11) is -2.23. The van der Waals surface area contributed by atoms with Crippen molar-refractivity contribution in [2.45, 2.75) is 17.9 Å². The molecule has 1 aliphatic rings. The number of hydrogen-bond donors (Lipinski definition) is 1. The van der Waals surface area contributed by atoms with Crippen LogP contribution < -0.4 is 19.2 Å². The van der Waals surface area contributed by atoms with Crippen molar-refractivity contribution >= 4 is 48.9 Å². The molecule has 34 heavy (non-hydrogen) atoms. The number of aromatic nitrogens is 1. The number of nitrogens with one attached hydrogen (secondary N) is 1. The first-order chi connectivity index (χ1) is 16.2. The summed E-state index contributed by atoms with van der Waals surface area (Å²) >= 11 is 1.09. The predicted octanol–water partition coefficient (Wildman–Crippen LogP) is 3.50. The molecule has 0 saturated heterocycles. The van der Waals surface area contributed by atoms with E-state index in [-0.39, 0.29) is 16.3 Å². The van der Waals surface area contributed by atoms with Gasteiger partial charge in [0.15, 0.2) is 6.10 Å². The van der Waals surface area contributed by atoms with Crippen molar-refractivity contribution in [1.29, 1.82) is 0 Å². The fraction of sp³-hybridized carbons (Fsp3) is 0.167. The average molecular weight is 496 g/mol. The molecule has 1 aliphatic heterocycles. The first-order valence-electron chi connectivity index (χ1n) is 10.5. The van der Waals surface area contributed by atoms with Gasteiger partial charge >= 0.3 is 4.87 Å². The van der Waals surface area contributed by atoms with Crippen molar-refractivity contribution in [2.75, 3.05) is 16.2 Å². The van der Waals surface area contributed by atoms with E-state index in [1.807, 2.05) is 6.92 Å². The van der Waals surface area contributed by atoms with E-state index in [4.69, 9.17) is 4.74 Å². The van der Waals surface area contributed by atoms with Gasteiger partial charge in [-0.05, 0) is 55.0 Å². The van der Waals surface area contributed by atoms with E-state index in [9.17, 15) is 18.0 Å². The number of nitrogens with zero attached hydrogens (tertiary/aromatic N) is 2. The van der Waals surface area contributed by atoms with Crippen molar-refractivity contribution in [1.82, 2.24) is 4.57 Å². The lowest BCUT2D eigenvalue weighted by molar-refractivity contribution is -0.122. The maximum atomic E-state index is 13.5. The molecule has 174 valence electrons. The summed E-state index contributed by atoms with van der Waals surface area (Å²) in [5.74, 6) is -0.161. The Hall–Kier alpha value is -3.63. The quantitative estimate of drug-likeness (QED) is 0.467. The van der Waals surface area contributed by atoms with Gasteiger partial charge in [0.05, 0.1) is 27.3 Å². The van der Waals surface area contributed by atoms with Gasteiger partial charge in [0.25, 0.3) is 15.9 Å². The fourth-order valence-corrected chi connectivity index (χ4v) is 6.30. The van der Waals surface area contributed by atoms with Crippen LogP contribution in [0.2, 0.25) is 0 Å². The number of carbonyl (C=O) groups excluding carboxylic acids is 1. The van der Waals surface area contributed by atoms with Crippen LogP contribution in [-0.4, -0.2) is 31.5 Å². The molecular weight excluding hydrogens is 474 g/mol. The third kappa shape index (κ3) is 3.84. The van der Waals surface area contributed by atoms with E-state index in [1.165, 1.54) is 16.4 Å². The number of amides is 1. The molecule has 10 heteroatoms. The number of rotatable bonds is 4. The highest BCUT2D eigenvalue weighted by molar-refractivity contribution is 7.92. The number of benzene rings is 3. The number of anilines is 2. The van der Waals surface area contributed by atoms with Gasteiger partial charge in [-0.3, -0.25) is 13.9 Å². The second-order valence-corrected chi connectivity index (χ2v) is 10.9. The van der Waals surface area contributed by atoms with Crippen LogP contribution in [0.15, 0.2) is 76.4 Å². The van der Waals surface area contributed by atoms with E-state index in [2.05, 4.69) is 5.32 Å². The standard InChI is InChI=1S/C24H21N3O5S2/c1-15-8-10-18-20(12-15)32-21(14-27(18)34(30,31)17-6-4-3-5-7-17)23(28)25-16-9-11-19-22(13-16)33-24(29)26(19)2/h3-13,21H,14H2,1-2H3,(H,25,28)/t21-/m0/s1. The first-order valence-corrected chi connectivity index (χ1v) is 12.8. The summed E-state index contributed by atoms with van der Waals surface area (Å²) in [6.45, 7) is 1.68. The monoisotopic (exact) mass is 495 g/mol. The summed E-state index contributed by atoms with van der Waals surface area (Å²) in [6, 6.07) is 18.5. The van der Waals surface area contributed by atoms with Gasteiger partial charge < -0.3 is 14.6 Å². The van der Waals surface area contributed by atoms with Crippen LogP contribution in [0.3, 0.4) is 0 Å². The van der Waals surface area contributed by atoms with Crippen LogP contribution in [0.1, 0.15) is 5.56 Å². The van der Waals surface area contributed by atoms with Crippen LogP contribution in [0.5, 0.6) is 5.75 Å². The van der Waals surface area contributed by atoms with Crippen molar-refractivity contribution in [3.63, 3.8) is 0 Å². The van der Waals surface area contributed by atoms with E-state index >= 15 is 0 Å². The Morgan fingerprint density at radius 3 is 2.62 bits per heavy atom. The Balaban J connectivity index is 1.48. The Morgan fingerprint density at radius 1 is 1.09 bits per heavy atom. The molecule has 8 nitrogen and oxygen atoms in total. The van der Waals surface area contributed by atoms with Crippen LogP contribution in [0.25, 0.3) is 10.2 Å². The number of hydrogen-bond acceptors (Lipinski definition) is 6. The summed E-state index contributed by atoms with van der Waals surface area (Å²) in [5, 5.41) is 2.80. The Labute approximate surface area is 200 Å². The van der Waals surface area contributed by atoms with Crippen LogP contribution in [0.4, 0.5) is 11.4 Å². The second kappa shape index (κ2) is 8.30. The molecule has 0 aliphatic carbocycles. The van der Waals surface area contributed by atoms with Crippen molar-refractivity contribution in [2.24, 2.45) is 7.05 Å². The topological polar surface area (TPSA) is 97.7 Å². The molecule has 0 fully saturated rings. The minimum absolute atomic E-state index is 0.0946. The zero-order chi connectivity index (χ0) is 24.0. The molecule has 1 aromatic heterocycles. The Bertz CT molecular complexity index is 1580. The zero-order valence-corrected chi connectivity index (χ0v) is 20.0. The fourth-order valence-electron chi connectivity index (χ4n) is 3.88. The number of carbonyl (C=O) groups is 1. The molecule has 0 spiro atoms. The molecule has 1 atom stereocenters. The third-order valence-corrected chi connectivity index (χ3v) is 8.46. The van der Waals surface area contributed by atoms with Crippen LogP contribution >= 0.6 is 11.3 Å². The van der Waals surface area contributed by atoms with Crippen LogP contribution in [-0.2, 0) is 21.9 Å². The second-order valence-electron chi connectivity index (χ2n) is 8.03. The molecule has 0 unspecified atom stereocenters. The summed E-state index contributed by atoms with van der Waals surface area (Å²) < 4.78 is 36.4. The highest BCUT2D eigenvalue weighted by atomic mass is 32.2. The number of fused-ring (bicyclic) bond motifs is 2. The third-order valence-electron chi connectivity index (χ3n) is 5.67. The highest BCUT2D eigenvalue weighted by Crippen LogP contribution is 2.38. The maximum Gasteiger partial charge on any atom is 0.307 e. The molecule has 3 aromatic carbocycles. The summed E-state index contributed by atoms with van der Waals surface area (Å²) in [6.07, 6.45) is -1.07. The number of thiazole rings is 1. The lowest BCUT2D eigenvalue weighted by atomic mass is 10.1. The van der Waals surface area contributed by atoms with Crippen molar-refractivity contribution in [3.05, 3.63) is 82.0 Å². The van der Waals surface area contributed by atoms with Gasteiger partial charge in [-0.15, -0.1) is 0 Å². The number of ether oxygens (including phenoxy) is 1. The van der Waals surface area contributed by atoms with Gasteiger partial charge in [-0.25, -0.2) is 8.42 Å². The van der Waals surface area contributed by atoms with E-state index in [0.717, 1.165) is 27.1 Å². The molecule has 4 aromatic rings. The van der Waals surface area contributed by atoms with Gasteiger partial charge in [0.2, 0.25) is 0 Å². The van der Waals surface area contributed by atoms with E-state index in [1.54, 1.807) is 66.2 Å². The van der Waals surface area contributed by atoms with Gasteiger partial charge in [0.1, 0.15) is 5.75 Å². The van der Waals surface area contributed by atoms with Crippen LogP contribution in [0, 0.1) is 6.92 Å². The normalized spacial score (nSPS) is 15.6. The maximum absolute atomic E-state index is 13.5. The molecule has 0 saturated carbocycles. The lowest BCUT2D eigenvalue weighted by Gasteiger charge is -2.35. The van der Waals surface area contributed by atoms with Gasteiger partial charge in [-0.1, -0.05) is 35.6 Å². The van der Waals surface area contributed by atoms with Crippen molar-refractivity contribution < 1.29 is 17.9 Å². The molecule has 1 amide bonds. The molecule has 0 bridgehead atoms. The molecule has 2 heterocycles. The van der Waals surface area contributed by atoms with E-state index in [0.29, 0.717) is 17.1 Å². The summed E-state index contributed by atoms with van der Waals surface area (Å²) in [5.41, 5.74) is 2.53. The highest BCUT2D eigenvalue weighted by Gasteiger charge is 2.37. The van der Waals surface area contributed by atoms with Gasteiger partial charge in [-0.2, -0.15) is 0 Å². The number of sulfonamides is 1. The Kier molecular flexibility index (Phi) is 5.41. The number of aryl methyl sites for hydroxylation is 2. The predicted molar refractivity (Wildman–Crippen MR) is 132 cm³/mol. The molecule has 1 N–H and O–H groups in total. The molecule has 5 rings (SSSR count). The SMILES string of the molecule is Cc1ccc2c(c1)O[C@H](C(=O)Nc1ccc3c(c1)sc(=O)n3C)CN2S(=O)(=O)c1ccccc1. The molecular formula is C24H21N3O5S2.